The van der Waals surface area contributed by atoms with Crippen molar-refractivity contribution in [3.8, 4) is 0 Å². The molecule has 2 fully saturated rings. The van der Waals surface area contributed by atoms with Crippen molar-refractivity contribution in [2.24, 2.45) is 11.8 Å². The van der Waals surface area contributed by atoms with E-state index in [2.05, 4.69) is 23.9 Å². The molecule has 0 spiro atoms. The fourth-order valence-electron chi connectivity index (χ4n) is 3.00. The molecule has 96 valence electrons. The number of piperidine rings is 2. The average Bonchev–Trinajstić information content (AvgIpc) is 2.34. The molecule has 0 aliphatic carbocycles. The maximum Gasteiger partial charge on any atom is -0.00190 e. The topological polar surface area (TPSA) is 6.48 Å². The Kier molecular flexibility index (Phi) is 6.37. The molecular formula is C14H30N2. The molecule has 0 atom stereocenters. The fourth-order valence-corrected chi connectivity index (χ4v) is 3.00. The van der Waals surface area contributed by atoms with Crippen molar-refractivity contribution in [2.45, 2.75) is 39.5 Å². The first kappa shape index (κ1) is 14.0. The van der Waals surface area contributed by atoms with E-state index in [1.165, 1.54) is 51.9 Å². The summed E-state index contributed by atoms with van der Waals surface area (Å²) in [7, 11) is 4.51. The van der Waals surface area contributed by atoms with Gasteiger partial charge in [-0.1, -0.05) is 13.8 Å². The van der Waals surface area contributed by atoms with Gasteiger partial charge >= 0.3 is 0 Å². The SMILES string of the molecule is CC.CN1CCC(C2CCN(C)CC2)CC1. The molecule has 0 N–H and O–H groups in total. The lowest BCUT2D eigenvalue weighted by Gasteiger charge is -2.38. The van der Waals surface area contributed by atoms with Crippen LogP contribution in [-0.2, 0) is 0 Å². The number of nitrogens with zero attached hydrogens (tertiary/aromatic N) is 2. The van der Waals surface area contributed by atoms with Crippen molar-refractivity contribution in [1.29, 1.82) is 0 Å². The first-order valence-electron chi connectivity index (χ1n) is 7.13. The first-order valence-corrected chi connectivity index (χ1v) is 7.13. The number of rotatable bonds is 1. The minimum absolute atomic E-state index is 1.04. The lowest BCUT2D eigenvalue weighted by molar-refractivity contribution is 0.117. The van der Waals surface area contributed by atoms with Crippen LogP contribution in [0.4, 0.5) is 0 Å². The van der Waals surface area contributed by atoms with Crippen molar-refractivity contribution in [3.63, 3.8) is 0 Å². The molecule has 2 rings (SSSR count). The van der Waals surface area contributed by atoms with Gasteiger partial charge in [0, 0.05) is 0 Å². The van der Waals surface area contributed by atoms with E-state index >= 15 is 0 Å². The summed E-state index contributed by atoms with van der Waals surface area (Å²) in [6.07, 6.45) is 5.80. The second kappa shape index (κ2) is 7.29. The fraction of sp³-hybridized carbons (Fsp3) is 1.00. The highest BCUT2D eigenvalue weighted by molar-refractivity contribution is 4.80. The zero-order valence-corrected chi connectivity index (χ0v) is 11.7. The molecule has 2 aliphatic heterocycles. The summed E-state index contributed by atoms with van der Waals surface area (Å²) >= 11 is 0. The van der Waals surface area contributed by atoms with Crippen LogP contribution < -0.4 is 0 Å². The van der Waals surface area contributed by atoms with Gasteiger partial charge in [-0.3, -0.25) is 0 Å². The third-order valence-electron chi connectivity index (χ3n) is 4.19. The summed E-state index contributed by atoms with van der Waals surface area (Å²) in [5, 5.41) is 0. The maximum atomic E-state index is 2.48. The standard InChI is InChI=1S/C12H24N2.C2H6/c1-13-7-3-11(4-8-13)12-5-9-14(2)10-6-12;1-2/h11-12H,3-10H2,1-2H3;1-2H3. The molecule has 2 nitrogen and oxygen atoms in total. The molecule has 2 heterocycles. The van der Waals surface area contributed by atoms with E-state index in [1.54, 1.807) is 0 Å². The summed E-state index contributed by atoms with van der Waals surface area (Å²) in [5.41, 5.74) is 0. The van der Waals surface area contributed by atoms with Gasteiger partial charge in [-0.25, -0.2) is 0 Å². The Morgan fingerprint density at radius 1 is 0.625 bits per heavy atom. The largest absolute Gasteiger partial charge is 0.306 e. The van der Waals surface area contributed by atoms with Crippen molar-refractivity contribution in [2.75, 3.05) is 40.3 Å². The molecule has 0 radical (unpaired) electrons. The highest BCUT2D eigenvalue weighted by Gasteiger charge is 2.27. The van der Waals surface area contributed by atoms with Crippen molar-refractivity contribution < 1.29 is 0 Å². The molecule has 0 unspecified atom stereocenters. The van der Waals surface area contributed by atoms with Gasteiger partial charge in [0.15, 0.2) is 0 Å². The molecule has 0 aromatic carbocycles. The van der Waals surface area contributed by atoms with Crippen molar-refractivity contribution >= 4 is 0 Å². The Morgan fingerprint density at radius 2 is 0.875 bits per heavy atom. The Labute approximate surface area is 102 Å². The molecule has 0 amide bonds. The zero-order chi connectivity index (χ0) is 12.0. The van der Waals surface area contributed by atoms with Crippen LogP contribution in [0.2, 0.25) is 0 Å². The third-order valence-corrected chi connectivity index (χ3v) is 4.19. The minimum Gasteiger partial charge on any atom is -0.306 e. The molecule has 0 aromatic heterocycles. The molecule has 2 aliphatic rings. The normalized spacial score (nSPS) is 26.2. The Balaban J connectivity index is 0.000000606. The van der Waals surface area contributed by atoms with Gasteiger partial charge in [-0.05, 0) is 77.8 Å². The van der Waals surface area contributed by atoms with E-state index in [0.717, 1.165) is 11.8 Å². The number of hydrogen-bond donors (Lipinski definition) is 0. The molecule has 0 saturated carbocycles. The molecule has 2 saturated heterocycles. The summed E-state index contributed by atoms with van der Waals surface area (Å²) in [5.74, 6) is 2.08. The van der Waals surface area contributed by atoms with Gasteiger partial charge in [0.05, 0.1) is 0 Å². The number of likely N-dealkylation sites (tertiary alicyclic amines) is 2. The van der Waals surface area contributed by atoms with E-state index in [1.807, 2.05) is 13.8 Å². The highest BCUT2D eigenvalue weighted by atomic mass is 15.1. The minimum atomic E-state index is 1.04. The smallest absolute Gasteiger partial charge is 0.00190 e. The average molecular weight is 226 g/mol. The zero-order valence-electron chi connectivity index (χ0n) is 11.7. The molecule has 16 heavy (non-hydrogen) atoms. The predicted molar refractivity (Wildman–Crippen MR) is 71.8 cm³/mol. The van der Waals surface area contributed by atoms with Crippen LogP contribution in [0.1, 0.15) is 39.5 Å². The summed E-state index contributed by atoms with van der Waals surface area (Å²) in [6, 6.07) is 0. The van der Waals surface area contributed by atoms with Gasteiger partial charge in [0.1, 0.15) is 0 Å². The number of hydrogen-bond acceptors (Lipinski definition) is 2. The Bertz CT molecular complexity index is 146. The van der Waals surface area contributed by atoms with Gasteiger partial charge in [-0.15, -0.1) is 0 Å². The van der Waals surface area contributed by atoms with Crippen LogP contribution in [0, 0.1) is 11.8 Å². The van der Waals surface area contributed by atoms with Crippen LogP contribution in [-0.4, -0.2) is 50.1 Å². The van der Waals surface area contributed by atoms with Gasteiger partial charge in [-0.2, -0.15) is 0 Å². The maximum absolute atomic E-state index is 2.48. The lowest BCUT2D eigenvalue weighted by atomic mass is 9.79. The van der Waals surface area contributed by atoms with Crippen LogP contribution >= 0.6 is 0 Å². The lowest BCUT2D eigenvalue weighted by Crippen LogP contribution is -2.38. The van der Waals surface area contributed by atoms with E-state index in [4.69, 9.17) is 0 Å². The van der Waals surface area contributed by atoms with Crippen LogP contribution in [0.15, 0.2) is 0 Å². The van der Waals surface area contributed by atoms with Gasteiger partial charge in [0.25, 0.3) is 0 Å². The molecule has 2 heteroatoms. The molecule has 0 bridgehead atoms. The van der Waals surface area contributed by atoms with Crippen LogP contribution in [0.5, 0.6) is 0 Å². The van der Waals surface area contributed by atoms with E-state index in [0.29, 0.717) is 0 Å². The van der Waals surface area contributed by atoms with Gasteiger partial charge in [0.2, 0.25) is 0 Å². The van der Waals surface area contributed by atoms with Crippen LogP contribution in [0.3, 0.4) is 0 Å². The van der Waals surface area contributed by atoms with E-state index in [9.17, 15) is 0 Å². The summed E-state index contributed by atoms with van der Waals surface area (Å²) < 4.78 is 0. The second-order valence-electron chi connectivity index (χ2n) is 5.28. The van der Waals surface area contributed by atoms with Crippen molar-refractivity contribution in [1.82, 2.24) is 9.80 Å². The van der Waals surface area contributed by atoms with Crippen molar-refractivity contribution in [3.05, 3.63) is 0 Å². The third kappa shape index (κ3) is 4.06. The van der Waals surface area contributed by atoms with Gasteiger partial charge < -0.3 is 9.80 Å². The summed E-state index contributed by atoms with van der Waals surface area (Å²) in [6.45, 7) is 9.32. The Morgan fingerprint density at radius 3 is 1.12 bits per heavy atom. The summed E-state index contributed by atoms with van der Waals surface area (Å²) in [4.78, 5) is 4.96. The Hall–Kier alpha value is -0.0800. The highest BCUT2D eigenvalue weighted by Crippen LogP contribution is 2.31. The quantitative estimate of drug-likeness (QED) is 0.678. The molecule has 0 aromatic rings. The second-order valence-corrected chi connectivity index (χ2v) is 5.28. The predicted octanol–water partition coefficient (Wildman–Crippen LogP) is 2.70. The monoisotopic (exact) mass is 226 g/mol. The van der Waals surface area contributed by atoms with E-state index in [-0.39, 0.29) is 0 Å². The first-order chi connectivity index (χ1) is 7.75. The van der Waals surface area contributed by atoms with E-state index < -0.39 is 0 Å². The van der Waals surface area contributed by atoms with Crippen LogP contribution in [0.25, 0.3) is 0 Å². The molecular weight excluding hydrogens is 196 g/mol.